The van der Waals surface area contributed by atoms with Crippen molar-refractivity contribution in [2.24, 2.45) is 0 Å². The summed E-state index contributed by atoms with van der Waals surface area (Å²) in [6.07, 6.45) is 5.06. The van der Waals surface area contributed by atoms with Crippen LogP contribution in [0.2, 0.25) is 0 Å². The van der Waals surface area contributed by atoms with Gasteiger partial charge in [0.25, 0.3) is 5.91 Å². The van der Waals surface area contributed by atoms with Gasteiger partial charge in [-0.05, 0) is 78.0 Å². The molecule has 0 saturated heterocycles. The van der Waals surface area contributed by atoms with E-state index in [9.17, 15) is 10.1 Å². The first-order chi connectivity index (χ1) is 16.0. The van der Waals surface area contributed by atoms with Crippen LogP contribution in [0.5, 0.6) is 11.5 Å². The summed E-state index contributed by atoms with van der Waals surface area (Å²) in [5.74, 6) is 0.770. The van der Waals surface area contributed by atoms with Crippen molar-refractivity contribution < 1.29 is 14.3 Å². The fourth-order valence-corrected chi connectivity index (χ4v) is 3.95. The molecule has 1 heterocycles. The average Bonchev–Trinajstić information content (AvgIpc) is 3.22. The second-order valence-corrected chi connectivity index (χ2v) is 8.49. The number of nitrogens with zero attached hydrogens (tertiary/aromatic N) is 1. The lowest BCUT2D eigenvalue weighted by Crippen LogP contribution is -2.26. The number of aromatic amines is 1. The molecule has 0 aliphatic carbocycles. The van der Waals surface area contributed by atoms with E-state index in [-0.39, 0.29) is 11.7 Å². The molecule has 6 nitrogen and oxygen atoms in total. The maximum atomic E-state index is 12.6. The number of carbonyl (C=O) groups excluding carboxylic acids is 1. The van der Waals surface area contributed by atoms with Gasteiger partial charge in [-0.15, -0.1) is 0 Å². The summed E-state index contributed by atoms with van der Waals surface area (Å²) < 4.78 is 12.4. The van der Waals surface area contributed by atoms with Gasteiger partial charge in [-0.3, -0.25) is 4.79 Å². The molecule has 7 heteroatoms. The van der Waals surface area contributed by atoms with Gasteiger partial charge in [-0.2, -0.15) is 5.26 Å². The molecule has 0 bridgehead atoms. The number of nitriles is 1. The molecule has 2 aromatic carbocycles. The number of benzene rings is 2. The summed E-state index contributed by atoms with van der Waals surface area (Å²) in [7, 11) is 0. The van der Waals surface area contributed by atoms with Crippen molar-refractivity contribution in [1.29, 1.82) is 5.26 Å². The van der Waals surface area contributed by atoms with Gasteiger partial charge in [0, 0.05) is 23.6 Å². The van der Waals surface area contributed by atoms with E-state index in [0.717, 1.165) is 22.9 Å². The molecule has 0 saturated carbocycles. The molecule has 0 aliphatic heterocycles. The highest BCUT2D eigenvalue weighted by molar-refractivity contribution is 9.10. The Labute approximate surface area is 202 Å². The summed E-state index contributed by atoms with van der Waals surface area (Å²) in [6.45, 7) is 6.83. The number of hydrogen-bond acceptors (Lipinski definition) is 4. The summed E-state index contributed by atoms with van der Waals surface area (Å²) in [5.41, 5.74) is 2.88. The Morgan fingerprint density at radius 2 is 2.09 bits per heavy atom. The lowest BCUT2D eigenvalue weighted by atomic mass is 10.1. The molecular formula is C26H28BrN3O3. The number of H-pyrrole nitrogens is 1. The molecular weight excluding hydrogens is 482 g/mol. The van der Waals surface area contributed by atoms with E-state index in [1.165, 1.54) is 0 Å². The monoisotopic (exact) mass is 509 g/mol. The molecule has 1 atom stereocenters. The van der Waals surface area contributed by atoms with Gasteiger partial charge in [0.1, 0.15) is 11.6 Å². The SMILES string of the molecule is CCOc1cc(/C=C(/C#N)C(=O)NCCc2c[nH]c3ccccc23)cc(Br)c1O[C@@H](C)CC. The Balaban J connectivity index is 1.73. The first-order valence-electron chi connectivity index (χ1n) is 11.0. The Hall–Kier alpha value is -3.24. The second kappa shape index (κ2) is 11.6. The zero-order chi connectivity index (χ0) is 23.8. The van der Waals surface area contributed by atoms with E-state index in [4.69, 9.17) is 9.47 Å². The number of hydrogen-bond donors (Lipinski definition) is 2. The minimum atomic E-state index is -0.411. The number of rotatable bonds is 10. The van der Waals surface area contributed by atoms with Crippen LogP contribution in [-0.4, -0.2) is 30.1 Å². The number of nitrogens with one attached hydrogen (secondary N) is 2. The van der Waals surface area contributed by atoms with Gasteiger partial charge in [-0.1, -0.05) is 25.1 Å². The average molecular weight is 510 g/mol. The van der Waals surface area contributed by atoms with Crippen LogP contribution in [0.3, 0.4) is 0 Å². The molecule has 172 valence electrons. The Bertz CT molecular complexity index is 1190. The number of aromatic nitrogens is 1. The van der Waals surface area contributed by atoms with E-state index in [1.807, 2.05) is 63.4 Å². The van der Waals surface area contributed by atoms with Crippen LogP contribution in [0.25, 0.3) is 17.0 Å². The predicted octanol–water partition coefficient (Wildman–Crippen LogP) is 5.77. The van der Waals surface area contributed by atoms with Gasteiger partial charge in [-0.25, -0.2) is 0 Å². The molecule has 0 aliphatic rings. The number of para-hydroxylation sites is 1. The lowest BCUT2D eigenvalue weighted by Gasteiger charge is -2.18. The quantitative estimate of drug-likeness (QED) is 0.268. The van der Waals surface area contributed by atoms with Crippen molar-refractivity contribution in [3.63, 3.8) is 0 Å². The van der Waals surface area contributed by atoms with E-state index in [2.05, 4.69) is 26.2 Å². The molecule has 1 amide bonds. The Kier molecular flexibility index (Phi) is 8.56. The number of amides is 1. The van der Waals surface area contributed by atoms with Crippen LogP contribution in [0, 0.1) is 11.3 Å². The topological polar surface area (TPSA) is 87.1 Å². The highest BCUT2D eigenvalue weighted by atomic mass is 79.9. The Morgan fingerprint density at radius 1 is 1.30 bits per heavy atom. The van der Waals surface area contributed by atoms with Crippen LogP contribution in [0.15, 0.2) is 52.6 Å². The Morgan fingerprint density at radius 3 is 2.82 bits per heavy atom. The fraction of sp³-hybridized carbons (Fsp3) is 0.308. The predicted molar refractivity (Wildman–Crippen MR) is 134 cm³/mol. The van der Waals surface area contributed by atoms with Crippen LogP contribution in [0.1, 0.15) is 38.3 Å². The molecule has 1 aromatic heterocycles. The fourth-order valence-electron chi connectivity index (χ4n) is 3.39. The van der Waals surface area contributed by atoms with Crippen molar-refractivity contribution >= 4 is 38.8 Å². The smallest absolute Gasteiger partial charge is 0.261 e. The van der Waals surface area contributed by atoms with Crippen molar-refractivity contribution in [2.75, 3.05) is 13.2 Å². The maximum absolute atomic E-state index is 12.6. The highest BCUT2D eigenvalue weighted by Crippen LogP contribution is 2.38. The van der Waals surface area contributed by atoms with E-state index in [0.29, 0.717) is 41.1 Å². The summed E-state index contributed by atoms with van der Waals surface area (Å²) in [4.78, 5) is 15.9. The molecule has 2 N–H and O–H groups in total. The van der Waals surface area contributed by atoms with Gasteiger partial charge in [0.15, 0.2) is 11.5 Å². The third kappa shape index (κ3) is 6.17. The lowest BCUT2D eigenvalue weighted by molar-refractivity contribution is -0.117. The van der Waals surface area contributed by atoms with Gasteiger partial charge in [0.05, 0.1) is 17.2 Å². The molecule has 3 aromatic rings. The first-order valence-corrected chi connectivity index (χ1v) is 11.8. The number of carbonyl (C=O) groups is 1. The molecule has 3 rings (SSSR count). The minimum Gasteiger partial charge on any atom is -0.490 e. The summed E-state index contributed by atoms with van der Waals surface area (Å²) in [6, 6.07) is 13.6. The van der Waals surface area contributed by atoms with E-state index >= 15 is 0 Å². The highest BCUT2D eigenvalue weighted by Gasteiger charge is 2.16. The number of fused-ring (bicyclic) bond motifs is 1. The van der Waals surface area contributed by atoms with Gasteiger partial charge >= 0.3 is 0 Å². The number of halogens is 1. The van der Waals surface area contributed by atoms with E-state index in [1.54, 1.807) is 12.1 Å². The van der Waals surface area contributed by atoms with Crippen molar-refractivity contribution in [3.05, 3.63) is 63.8 Å². The van der Waals surface area contributed by atoms with Gasteiger partial charge < -0.3 is 19.8 Å². The third-order valence-electron chi connectivity index (χ3n) is 5.26. The van der Waals surface area contributed by atoms with Gasteiger partial charge in [0.2, 0.25) is 0 Å². The van der Waals surface area contributed by atoms with Crippen LogP contribution in [-0.2, 0) is 11.2 Å². The van der Waals surface area contributed by atoms with Crippen LogP contribution >= 0.6 is 15.9 Å². The van der Waals surface area contributed by atoms with Crippen LogP contribution in [0.4, 0.5) is 0 Å². The number of ether oxygens (including phenoxy) is 2. The van der Waals surface area contributed by atoms with Crippen molar-refractivity contribution in [1.82, 2.24) is 10.3 Å². The first kappa shape index (κ1) is 24.4. The normalized spacial score (nSPS) is 12.3. The molecule has 33 heavy (non-hydrogen) atoms. The van der Waals surface area contributed by atoms with Crippen LogP contribution < -0.4 is 14.8 Å². The third-order valence-corrected chi connectivity index (χ3v) is 5.85. The standard InChI is InChI=1S/C26H28BrN3O3/c1-4-17(3)33-25-22(27)13-18(14-24(25)32-5-2)12-20(15-28)26(31)29-11-10-19-16-30-23-9-7-6-8-21(19)23/h6-9,12-14,16-17,30H,4-5,10-11H2,1-3H3,(H,29,31)/b20-12-/t17-/m0/s1. The summed E-state index contributed by atoms with van der Waals surface area (Å²) >= 11 is 3.54. The van der Waals surface area contributed by atoms with Crippen molar-refractivity contribution in [3.8, 4) is 17.6 Å². The summed E-state index contributed by atoms with van der Waals surface area (Å²) in [5, 5.41) is 13.6. The molecule has 0 fully saturated rings. The second-order valence-electron chi connectivity index (χ2n) is 7.63. The molecule has 0 unspecified atom stereocenters. The minimum absolute atomic E-state index is 0.0267. The zero-order valence-electron chi connectivity index (χ0n) is 19.1. The maximum Gasteiger partial charge on any atom is 0.261 e. The van der Waals surface area contributed by atoms with E-state index < -0.39 is 5.91 Å². The van der Waals surface area contributed by atoms with Crippen molar-refractivity contribution in [2.45, 2.75) is 39.7 Å². The molecule has 0 radical (unpaired) electrons. The molecule has 0 spiro atoms. The zero-order valence-corrected chi connectivity index (χ0v) is 20.7. The largest absolute Gasteiger partial charge is 0.490 e.